The van der Waals surface area contributed by atoms with Crippen LogP contribution in [0.25, 0.3) is 0 Å². The van der Waals surface area contributed by atoms with Crippen molar-refractivity contribution in [1.29, 1.82) is 0 Å². The Balaban J connectivity index is 1.93. The predicted molar refractivity (Wildman–Crippen MR) is 133 cm³/mol. The van der Waals surface area contributed by atoms with Crippen molar-refractivity contribution < 1.29 is 26.5 Å². The topological polar surface area (TPSA) is 72.9 Å². The second kappa shape index (κ2) is 11.3. The molecule has 0 saturated heterocycles. The third-order valence-corrected chi connectivity index (χ3v) is 7.38. The molecule has 0 bridgehead atoms. The van der Waals surface area contributed by atoms with Crippen LogP contribution in [0, 0.1) is 5.82 Å². The largest absolute Gasteiger partial charge is 0.493 e. The summed E-state index contributed by atoms with van der Waals surface area (Å²) in [6.45, 7) is 3.95. The molecule has 0 aliphatic rings. The van der Waals surface area contributed by atoms with Crippen molar-refractivity contribution in [3.8, 4) is 11.5 Å². The lowest BCUT2D eigenvalue weighted by Gasteiger charge is -2.29. The van der Waals surface area contributed by atoms with E-state index in [1.165, 1.54) is 49.6 Å². The highest BCUT2D eigenvalue weighted by Gasteiger charge is 2.24. The molecule has 0 N–H and O–H groups in total. The first kappa shape index (κ1) is 26.8. The average molecular weight is 540 g/mol. The lowest BCUT2D eigenvalue weighted by molar-refractivity contribution is 0.0671. The second-order valence-electron chi connectivity index (χ2n) is 7.80. The third-order valence-electron chi connectivity index (χ3n) is 5.42. The summed E-state index contributed by atoms with van der Waals surface area (Å²) in [6, 6.07) is 13.9. The number of nitrogens with zero attached hydrogens (tertiary/aromatic N) is 1. The second-order valence-corrected chi connectivity index (χ2v) is 10.2. The fourth-order valence-electron chi connectivity index (χ4n) is 3.32. The summed E-state index contributed by atoms with van der Waals surface area (Å²) in [7, 11) is -2.88. The number of amides is 1. The van der Waals surface area contributed by atoms with Crippen LogP contribution < -0.4 is 8.92 Å². The Morgan fingerprint density at radius 2 is 1.77 bits per heavy atom. The van der Waals surface area contributed by atoms with Gasteiger partial charge in [-0.1, -0.05) is 42.3 Å². The molecule has 0 spiro atoms. The summed E-state index contributed by atoms with van der Waals surface area (Å²) in [5, 5.41) is 0.274. The zero-order valence-electron chi connectivity index (χ0n) is 19.3. The maximum absolute atomic E-state index is 13.7. The zero-order valence-corrected chi connectivity index (χ0v) is 21.6. The Morgan fingerprint density at radius 1 is 1.03 bits per heavy atom. The number of hydrogen-bond acceptors (Lipinski definition) is 5. The van der Waals surface area contributed by atoms with Crippen LogP contribution in [0.4, 0.5) is 4.39 Å². The minimum absolute atomic E-state index is 0.0571. The number of methoxy groups -OCH3 is 1. The van der Waals surface area contributed by atoms with Crippen LogP contribution >= 0.6 is 23.2 Å². The minimum atomic E-state index is -4.26. The van der Waals surface area contributed by atoms with E-state index in [4.69, 9.17) is 32.1 Å². The SMILES string of the molecule is CCC(C)N(Cc1ccc(OC)c(OS(=O)(=O)c2ccc(Cl)c(Cl)c2)c1)C(=O)c1cccc(F)c1. The molecule has 1 atom stereocenters. The first-order valence-corrected chi connectivity index (χ1v) is 12.8. The predicted octanol–water partition coefficient (Wildman–Crippen LogP) is 6.35. The molecule has 10 heteroatoms. The summed E-state index contributed by atoms with van der Waals surface area (Å²) in [6.07, 6.45) is 0.659. The van der Waals surface area contributed by atoms with Gasteiger partial charge in [0, 0.05) is 18.2 Å². The molecule has 0 aliphatic carbocycles. The van der Waals surface area contributed by atoms with E-state index >= 15 is 0 Å². The molecule has 0 aromatic heterocycles. The number of ether oxygens (including phenoxy) is 1. The van der Waals surface area contributed by atoms with Crippen molar-refractivity contribution in [3.05, 3.63) is 87.7 Å². The van der Waals surface area contributed by atoms with E-state index in [1.807, 2.05) is 13.8 Å². The molecule has 3 rings (SSSR count). The third kappa shape index (κ3) is 6.45. The van der Waals surface area contributed by atoms with Crippen LogP contribution in [0.15, 0.2) is 65.6 Å². The van der Waals surface area contributed by atoms with E-state index in [0.29, 0.717) is 12.0 Å². The average Bonchev–Trinajstić information content (AvgIpc) is 2.83. The number of rotatable bonds is 9. The van der Waals surface area contributed by atoms with Gasteiger partial charge in [-0.15, -0.1) is 0 Å². The number of carbonyl (C=O) groups excluding carboxylic acids is 1. The summed E-state index contributed by atoms with van der Waals surface area (Å²) in [5.74, 6) is -0.726. The molecule has 1 unspecified atom stereocenters. The van der Waals surface area contributed by atoms with Gasteiger partial charge in [0.25, 0.3) is 5.91 Å². The van der Waals surface area contributed by atoms with Crippen molar-refractivity contribution in [2.75, 3.05) is 7.11 Å². The summed E-state index contributed by atoms with van der Waals surface area (Å²) in [4.78, 5) is 14.6. The summed E-state index contributed by atoms with van der Waals surface area (Å²) < 4.78 is 50.1. The van der Waals surface area contributed by atoms with Crippen LogP contribution in [0.5, 0.6) is 11.5 Å². The lowest BCUT2D eigenvalue weighted by atomic mass is 10.1. The van der Waals surface area contributed by atoms with E-state index in [-0.39, 0.29) is 50.5 Å². The highest BCUT2D eigenvalue weighted by Crippen LogP contribution is 2.33. The Bertz CT molecular complexity index is 1330. The molecule has 6 nitrogen and oxygen atoms in total. The van der Waals surface area contributed by atoms with Gasteiger partial charge in [-0.25, -0.2) is 4.39 Å². The van der Waals surface area contributed by atoms with Crippen molar-refractivity contribution in [1.82, 2.24) is 4.90 Å². The van der Waals surface area contributed by atoms with E-state index in [0.717, 1.165) is 0 Å². The summed E-state index contributed by atoms with van der Waals surface area (Å²) >= 11 is 11.8. The molecule has 0 saturated carbocycles. The Kier molecular flexibility index (Phi) is 8.64. The fourth-order valence-corrected chi connectivity index (χ4v) is 4.64. The van der Waals surface area contributed by atoms with Gasteiger partial charge in [0.2, 0.25) is 0 Å². The number of hydrogen-bond donors (Lipinski definition) is 0. The Hall–Kier alpha value is -2.81. The van der Waals surface area contributed by atoms with Gasteiger partial charge in [-0.2, -0.15) is 8.42 Å². The molecule has 0 heterocycles. The number of carbonyl (C=O) groups is 1. The fraction of sp³-hybridized carbons (Fsp3) is 0.240. The van der Waals surface area contributed by atoms with E-state index < -0.39 is 15.9 Å². The van der Waals surface area contributed by atoms with Crippen LogP contribution in [-0.2, 0) is 16.7 Å². The summed E-state index contributed by atoms with van der Waals surface area (Å²) in [5.41, 5.74) is 0.813. The molecule has 35 heavy (non-hydrogen) atoms. The lowest BCUT2D eigenvalue weighted by Crippen LogP contribution is -2.37. The molecule has 3 aromatic carbocycles. The van der Waals surface area contributed by atoms with Gasteiger partial charge in [-0.3, -0.25) is 4.79 Å². The normalized spacial score (nSPS) is 12.2. The van der Waals surface area contributed by atoms with Crippen LogP contribution in [-0.4, -0.2) is 32.4 Å². The van der Waals surface area contributed by atoms with Gasteiger partial charge in [0.05, 0.1) is 17.2 Å². The van der Waals surface area contributed by atoms with Gasteiger partial charge in [0.1, 0.15) is 10.7 Å². The van der Waals surface area contributed by atoms with Crippen LogP contribution in [0.3, 0.4) is 0 Å². The van der Waals surface area contributed by atoms with Crippen molar-refractivity contribution in [2.24, 2.45) is 0 Å². The smallest absolute Gasteiger partial charge is 0.339 e. The Labute approximate surface area is 214 Å². The van der Waals surface area contributed by atoms with Crippen molar-refractivity contribution in [2.45, 2.75) is 37.8 Å². The Morgan fingerprint density at radius 3 is 2.40 bits per heavy atom. The minimum Gasteiger partial charge on any atom is -0.493 e. The first-order valence-electron chi connectivity index (χ1n) is 10.7. The monoisotopic (exact) mass is 539 g/mol. The molecular weight excluding hydrogens is 516 g/mol. The molecule has 0 fully saturated rings. The van der Waals surface area contributed by atoms with Crippen molar-refractivity contribution >= 4 is 39.2 Å². The maximum atomic E-state index is 13.7. The number of benzene rings is 3. The van der Waals surface area contributed by atoms with E-state index in [1.54, 1.807) is 23.1 Å². The van der Waals surface area contributed by atoms with E-state index in [2.05, 4.69) is 0 Å². The molecule has 0 radical (unpaired) electrons. The molecule has 1 amide bonds. The van der Waals surface area contributed by atoms with Gasteiger partial charge in [0.15, 0.2) is 11.5 Å². The molecule has 186 valence electrons. The highest BCUT2D eigenvalue weighted by molar-refractivity contribution is 7.87. The molecule has 3 aromatic rings. The zero-order chi connectivity index (χ0) is 25.8. The van der Waals surface area contributed by atoms with E-state index in [9.17, 15) is 17.6 Å². The first-order chi connectivity index (χ1) is 16.6. The van der Waals surface area contributed by atoms with Gasteiger partial charge < -0.3 is 13.8 Å². The highest BCUT2D eigenvalue weighted by atomic mass is 35.5. The van der Waals surface area contributed by atoms with Gasteiger partial charge in [-0.05, 0) is 67.4 Å². The van der Waals surface area contributed by atoms with Gasteiger partial charge >= 0.3 is 10.1 Å². The van der Waals surface area contributed by atoms with Crippen molar-refractivity contribution in [3.63, 3.8) is 0 Å². The molecule has 0 aliphatic heterocycles. The standard InChI is InChI=1S/C25H24Cl2FNO5S/c1-4-16(2)29(25(30)18-6-5-7-19(28)13-18)15-17-8-11-23(33-3)24(12-17)34-35(31,32)20-9-10-21(26)22(27)14-20/h5-14,16H,4,15H2,1-3H3. The maximum Gasteiger partial charge on any atom is 0.339 e. The van der Waals surface area contributed by atoms with Crippen LogP contribution in [0.2, 0.25) is 10.0 Å². The van der Waals surface area contributed by atoms with Crippen LogP contribution in [0.1, 0.15) is 36.2 Å². The molecular formula is C25H24Cl2FNO5S. The number of halogens is 3. The quantitative estimate of drug-likeness (QED) is 0.296.